The van der Waals surface area contributed by atoms with Crippen LogP contribution in [0.1, 0.15) is 12.8 Å². The SMILES string of the molecule is C1CSC[C@@H](C2CC2)N1. The topological polar surface area (TPSA) is 12.0 Å². The van der Waals surface area contributed by atoms with Gasteiger partial charge in [0.05, 0.1) is 0 Å². The summed E-state index contributed by atoms with van der Waals surface area (Å²) in [5, 5.41) is 3.56. The molecular formula is C7H13NS. The molecule has 52 valence electrons. The van der Waals surface area contributed by atoms with Crippen molar-refractivity contribution < 1.29 is 0 Å². The molecule has 0 amide bonds. The second kappa shape index (κ2) is 2.51. The number of nitrogens with one attached hydrogen (secondary N) is 1. The zero-order chi connectivity index (χ0) is 6.10. The fraction of sp³-hybridized carbons (Fsp3) is 1.00. The van der Waals surface area contributed by atoms with Crippen LogP contribution in [-0.2, 0) is 0 Å². The molecular weight excluding hydrogens is 130 g/mol. The molecule has 2 fully saturated rings. The van der Waals surface area contributed by atoms with E-state index in [-0.39, 0.29) is 0 Å². The number of hydrogen-bond donors (Lipinski definition) is 1. The van der Waals surface area contributed by atoms with Gasteiger partial charge < -0.3 is 5.32 Å². The molecule has 1 heterocycles. The van der Waals surface area contributed by atoms with Crippen molar-refractivity contribution in [2.75, 3.05) is 18.1 Å². The summed E-state index contributed by atoms with van der Waals surface area (Å²) in [7, 11) is 0. The Kier molecular flexibility index (Phi) is 1.68. The molecule has 2 heteroatoms. The molecule has 2 aliphatic rings. The predicted molar refractivity (Wildman–Crippen MR) is 41.8 cm³/mol. The van der Waals surface area contributed by atoms with Gasteiger partial charge in [-0.1, -0.05) is 0 Å². The summed E-state index contributed by atoms with van der Waals surface area (Å²) in [5.74, 6) is 3.74. The molecule has 0 aromatic heterocycles. The highest BCUT2D eigenvalue weighted by Gasteiger charge is 2.31. The van der Waals surface area contributed by atoms with E-state index in [1.807, 2.05) is 0 Å². The first-order valence-electron chi connectivity index (χ1n) is 3.78. The highest BCUT2D eigenvalue weighted by Crippen LogP contribution is 2.34. The van der Waals surface area contributed by atoms with E-state index in [2.05, 4.69) is 17.1 Å². The normalized spacial score (nSPS) is 36.7. The molecule has 1 aliphatic carbocycles. The first kappa shape index (κ1) is 6.05. The van der Waals surface area contributed by atoms with Crippen LogP contribution in [0.4, 0.5) is 0 Å². The van der Waals surface area contributed by atoms with Gasteiger partial charge in [-0.05, 0) is 18.8 Å². The van der Waals surface area contributed by atoms with Crippen LogP contribution in [-0.4, -0.2) is 24.1 Å². The van der Waals surface area contributed by atoms with Crippen LogP contribution in [0.5, 0.6) is 0 Å². The molecule has 1 saturated carbocycles. The van der Waals surface area contributed by atoms with E-state index in [0.717, 1.165) is 12.0 Å². The third kappa shape index (κ3) is 1.41. The van der Waals surface area contributed by atoms with Crippen molar-refractivity contribution in [1.82, 2.24) is 5.32 Å². The molecule has 0 radical (unpaired) electrons. The molecule has 0 bridgehead atoms. The largest absolute Gasteiger partial charge is 0.312 e. The van der Waals surface area contributed by atoms with E-state index < -0.39 is 0 Å². The predicted octanol–water partition coefficient (Wildman–Crippen LogP) is 1.10. The molecule has 1 saturated heterocycles. The quantitative estimate of drug-likeness (QED) is 0.590. The first-order chi connectivity index (χ1) is 4.47. The molecule has 1 nitrogen and oxygen atoms in total. The highest BCUT2D eigenvalue weighted by atomic mass is 32.2. The molecule has 0 spiro atoms. The number of rotatable bonds is 1. The maximum absolute atomic E-state index is 3.56. The van der Waals surface area contributed by atoms with E-state index in [1.165, 1.54) is 30.9 Å². The van der Waals surface area contributed by atoms with Crippen molar-refractivity contribution in [2.45, 2.75) is 18.9 Å². The van der Waals surface area contributed by atoms with Gasteiger partial charge in [-0.25, -0.2) is 0 Å². The Morgan fingerprint density at radius 3 is 2.78 bits per heavy atom. The monoisotopic (exact) mass is 143 g/mol. The number of thioether (sulfide) groups is 1. The fourth-order valence-corrected chi connectivity index (χ4v) is 2.46. The summed E-state index contributed by atoms with van der Waals surface area (Å²) in [4.78, 5) is 0. The average Bonchev–Trinajstić information content (AvgIpc) is 2.71. The molecule has 1 atom stereocenters. The van der Waals surface area contributed by atoms with Gasteiger partial charge in [0, 0.05) is 24.1 Å². The van der Waals surface area contributed by atoms with Crippen LogP contribution in [0.3, 0.4) is 0 Å². The minimum atomic E-state index is 0.878. The Balaban J connectivity index is 1.80. The fourth-order valence-electron chi connectivity index (χ4n) is 1.39. The van der Waals surface area contributed by atoms with Gasteiger partial charge >= 0.3 is 0 Å². The lowest BCUT2D eigenvalue weighted by Gasteiger charge is -2.22. The Hall–Kier alpha value is 0.310. The van der Waals surface area contributed by atoms with Gasteiger partial charge in [0.15, 0.2) is 0 Å². The molecule has 0 aromatic rings. The van der Waals surface area contributed by atoms with Crippen LogP contribution in [0.15, 0.2) is 0 Å². The second-order valence-electron chi connectivity index (χ2n) is 2.97. The summed E-state index contributed by atoms with van der Waals surface area (Å²) in [5.41, 5.74) is 0. The molecule has 0 aromatic carbocycles. The zero-order valence-electron chi connectivity index (χ0n) is 5.60. The average molecular weight is 143 g/mol. The maximum atomic E-state index is 3.56. The lowest BCUT2D eigenvalue weighted by molar-refractivity contribution is 0.511. The summed E-state index contributed by atoms with van der Waals surface area (Å²) in [6.07, 6.45) is 2.97. The van der Waals surface area contributed by atoms with Crippen LogP contribution >= 0.6 is 11.8 Å². The van der Waals surface area contributed by atoms with Crippen molar-refractivity contribution in [3.05, 3.63) is 0 Å². The zero-order valence-corrected chi connectivity index (χ0v) is 6.41. The summed E-state index contributed by atoms with van der Waals surface area (Å²) in [6.45, 7) is 1.24. The second-order valence-corrected chi connectivity index (χ2v) is 4.12. The summed E-state index contributed by atoms with van der Waals surface area (Å²) >= 11 is 2.11. The number of hydrogen-bond acceptors (Lipinski definition) is 2. The lowest BCUT2D eigenvalue weighted by Crippen LogP contribution is -2.38. The van der Waals surface area contributed by atoms with Crippen molar-refractivity contribution in [3.63, 3.8) is 0 Å². The Morgan fingerprint density at radius 1 is 1.33 bits per heavy atom. The summed E-state index contributed by atoms with van der Waals surface area (Å²) in [6, 6.07) is 0.878. The summed E-state index contributed by atoms with van der Waals surface area (Å²) < 4.78 is 0. The smallest absolute Gasteiger partial charge is 0.0186 e. The Labute approximate surface area is 60.6 Å². The van der Waals surface area contributed by atoms with E-state index >= 15 is 0 Å². The lowest BCUT2D eigenvalue weighted by atomic mass is 10.2. The maximum Gasteiger partial charge on any atom is 0.0186 e. The first-order valence-corrected chi connectivity index (χ1v) is 4.93. The van der Waals surface area contributed by atoms with Crippen LogP contribution in [0.2, 0.25) is 0 Å². The Morgan fingerprint density at radius 2 is 2.22 bits per heavy atom. The van der Waals surface area contributed by atoms with Crippen LogP contribution in [0.25, 0.3) is 0 Å². The van der Waals surface area contributed by atoms with E-state index in [0.29, 0.717) is 0 Å². The standard InChI is InChI=1S/C7H13NS/c1-2-6(1)7-5-9-4-3-8-7/h6-8H,1-5H2/t7-/m0/s1. The van der Waals surface area contributed by atoms with Crippen LogP contribution in [0, 0.1) is 5.92 Å². The molecule has 1 N–H and O–H groups in total. The molecule has 2 rings (SSSR count). The van der Waals surface area contributed by atoms with Gasteiger partial charge in [-0.15, -0.1) is 0 Å². The minimum Gasteiger partial charge on any atom is -0.312 e. The van der Waals surface area contributed by atoms with E-state index in [4.69, 9.17) is 0 Å². The minimum absolute atomic E-state index is 0.878. The van der Waals surface area contributed by atoms with Gasteiger partial charge in [-0.3, -0.25) is 0 Å². The van der Waals surface area contributed by atoms with E-state index in [1.54, 1.807) is 0 Å². The Bertz CT molecular complexity index is 95.1. The van der Waals surface area contributed by atoms with Gasteiger partial charge in [0.1, 0.15) is 0 Å². The molecule has 9 heavy (non-hydrogen) atoms. The molecule has 0 unspecified atom stereocenters. The highest BCUT2D eigenvalue weighted by molar-refractivity contribution is 7.99. The van der Waals surface area contributed by atoms with Crippen molar-refractivity contribution in [3.8, 4) is 0 Å². The van der Waals surface area contributed by atoms with E-state index in [9.17, 15) is 0 Å². The van der Waals surface area contributed by atoms with Gasteiger partial charge in [0.2, 0.25) is 0 Å². The third-order valence-electron chi connectivity index (χ3n) is 2.14. The van der Waals surface area contributed by atoms with Gasteiger partial charge in [-0.2, -0.15) is 11.8 Å². The van der Waals surface area contributed by atoms with Crippen LogP contribution < -0.4 is 5.32 Å². The van der Waals surface area contributed by atoms with Crippen molar-refractivity contribution in [2.24, 2.45) is 5.92 Å². The van der Waals surface area contributed by atoms with Crippen molar-refractivity contribution in [1.29, 1.82) is 0 Å². The van der Waals surface area contributed by atoms with Crippen molar-refractivity contribution >= 4 is 11.8 Å². The molecule has 1 aliphatic heterocycles. The van der Waals surface area contributed by atoms with Gasteiger partial charge in [0.25, 0.3) is 0 Å². The third-order valence-corrected chi connectivity index (χ3v) is 3.23.